The number of ether oxygens (including phenoxy) is 2. The molecule has 3 N–H and O–H groups in total. The second-order valence-corrected chi connectivity index (χ2v) is 4.27. The maximum atomic E-state index is 9.36. The fourth-order valence-corrected chi connectivity index (χ4v) is 1.66. The molecule has 0 aliphatic heterocycles. The molecule has 0 fully saturated rings. The van der Waals surface area contributed by atoms with Gasteiger partial charge < -0.3 is 25.0 Å². The molecule has 19 heavy (non-hydrogen) atoms. The number of para-hydroxylation sites is 1. The summed E-state index contributed by atoms with van der Waals surface area (Å²) < 4.78 is 10.8. The van der Waals surface area contributed by atoms with E-state index in [9.17, 15) is 5.11 Å². The van der Waals surface area contributed by atoms with Crippen LogP contribution in [0.1, 0.15) is 18.9 Å². The van der Waals surface area contributed by atoms with Gasteiger partial charge in [-0.15, -0.1) is 0 Å². The summed E-state index contributed by atoms with van der Waals surface area (Å²) in [4.78, 5) is 0. The zero-order valence-corrected chi connectivity index (χ0v) is 11.6. The number of hydrogen-bond donors (Lipinski definition) is 3. The van der Waals surface area contributed by atoms with Crippen molar-refractivity contribution in [3.63, 3.8) is 0 Å². The Morgan fingerprint density at radius 3 is 2.79 bits per heavy atom. The molecule has 0 aliphatic carbocycles. The summed E-state index contributed by atoms with van der Waals surface area (Å²) in [5.74, 6) is 1.24. The van der Waals surface area contributed by atoms with Gasteiger partial charge in [-0.05, 0) is 19.0 Å². The summed E-state index contributed by atoms with van der Waals surface area (Å²) in [6.45, 7) is 3.43. The molecule has 0 saturated carbocycles. The fraction of sp³-hybridized carbons (Fsp3) is 0.571. The lowest BCUT2D eigenvalue weighted by Crippen LogP contribution is -2.22. The highest BCUT2D eigenvalue weighted by atomic mass is 16.5. The zero-order chi connectivity index (χ0) is 14.1. The van der Waals surface area contributed by atoms with Crippen LogP contribution < -0.4 is 14.8 Å². The molecule has 5 heteroatoms. The first-order valence-electron chi connectivity index (χ1n) is 6.51. The number of hydrogen-bond acceptors (Lipinski definition) is 5. The molecule has 1 unspecified atom stereocenters. The van der Waals surface area contributed by atoms with Crippen LogP contribution in [-0.4, -0.2) is 43.2 Å². The van der Waals surface area contributed by atoms with E-state index in [-0.39, 0.29) is 13.2 Å². The van der Waals surface area contributed by atoms with E-state index >= 15 is 0 Å². The second kappa shape index (κ2) is 8.74. The maximum Gasteiger partial charge on any atom is 0.165 e. The summed E-state index contributed by atoms with van der Waals surface area (Å²) in [7, 11) is 1.58. The predicted molar refractivity (Wildman–Crippen MR) is 73.6 cm³/mol. The predicted octanol–water partition coefficient (Wildman–Crippen LogP) is 0.927. The maximum absolute atomic E-state index is 9.36. The van der Waals surface area contributed by atoms with Crippen LogP contribution in [0.15, 0.2) is 18.2 Å². The van der Waals surface area contributed by atoms with Gasteiger partial charge in [0.2, 0.25) is 0 Å². The first-order valence-corrected chi connectivity index (χ1v) is 6.51. The molecular formula is C14H23NO4. The third kappa shape index (κ3) is 5.06. The third-order valence-electron chi connectivity index (χ3n) is 2.65. The minimum Gasteiger partial charge on any atom is -0.493 e. The van der Waals surface area contributed by atoms with E-state index in [1.165, 1.54) is 0 Å². The fourth-order valence-electron chi connectivity index (χ4n) is 1.66. The van der Waals surface area contributed by atoms with Crippen LogP contribution >= 0.6 is 0 Å². The molecule has 0 spiro atoms. The number of rotatable bonds is 9. The third-order valence-corrected chi connectivity index (χ3v) is 2.65. The Morgan fingerprint density at radius 1 is 1.37 bits per heavy atom. The molecule has 0 bridgehead atoms. The first kappa shape index (κ1) is 15.8. The lowest BCUT2D eigenvalue weighted by atomic mass is 10.2. The molecule has 5 nitrogen and oxygen atoms in total. The van der Waals surface area contributed by atoms with Crippen LogP contribution in [0.4, 0.5) is 0 Å². The lowest BCUT2D eigenvalue weighted by molar-refractivity contribution is 0.0523. The molecule has 1 aromatic rings. The van der Waals surface area contributed by atoms with Crippen molar-refractivity contribution < 1.29 is 19.7 Å². The number of aliphatic hydroxyl groups excluding tert-OH is 2. The van der Waals surface area contributed by atoms with Crippen molar-refractivity contribution in [3.8, 4) is 11.5 Å². The van der Waals surface area contributed by atoms with E-state index in [0.717, 1.165) is 18.5 Å². The summed E-state index contributed by atoms with van der Waals surface area (Å²) in [6.07, 6.45) is 0.171. The van der Waals surface area contributed by atoms with Gasteiger partial charge in [-0.25, -0.2) is 0 Å². The topological polar surface area (TPSA) is 71.0 Å². The minimum absolute atomic E-state index is 0.0393. The van der Waals surface area contributed by atoms with Crippen molar-refractivity contribution in [1.82, 2.24) is 5.32 Å². The Hall–Kier alpha value is -1.30. The van der Waals surface area contributed by atoms with E-state index in [0.29, 0.717) is 18.0 Å². The van der Waals surface area contributed by atoms with Crippen LogP contribution in [0.25, 0.3) is 0 Å². The van der Waals surface area contributed by atoms with Crippen LogP contribution in [0, 0.1) is 0 Å². The monoisotopic (exact) mass is 269 g/mol. The second-order valence-electron chi connectivity index (χ2n) is 4.27. The first-order chi connectivity index (χ1) is 9.22. The molecule has 108 valence electrons. The van der Waals surface area contributed by atoms with Gasteiger partial charge in [0.15, 0.2) is 11.5 Å². The van der Waals surface area contributed by atoms with Crippen LogP contribution in [0.5, 0.6) is 11.5 Å². The van der Waals surface area contributed by atoms with E-state index in [1.807, 2.05) is 18.2 Å². The number of aliphatic hydroxyl groups is 2. The molecule has 1 atom stereocenters. The molecule has 0 amide bonds. The zero-order valence-electron chi connectivity index (χ0n) is 11.6. The van der Waals surface area contributed by atoms with Crippen molar-refractivity contribution in [2.24, 2.45) is 0 Å². The van der Waals surface area contributed by atoms with Crippen molar-refractivity contribution in [1.29, 1.82) is 0 Å². The van der Waals surface area contributed by atoms with Crippen molar-refractivity contribution in [3.05, 3.63) is 23.8 Å². The standard InChI is InChI=1S/C14H23NO4/c1-3-7-15-8-11-5-4-6-13(18-2)14(11)19-10-12(17)9-16/h4-6,12,15-17H,3,7-10H2,1-2H3. The Kier molecular flexibility index (Phi) is 7.25. The Morgan fingerprint density at radius 2 is 2.16 bits per heavy atom. The van der Waals surface area contributed by atoms with E-state index < -0.39 is 6.10 Å². The average molecular weight is 269 g/mol. The summed E-state index contributed by atoms with van der Waals surface area (Å²) in [5, 5.41) is 21.5. The molecule has 0 saturated heterocycles. The van der Waals surface area contributed by atoms with Crippen molar-refractivity contribution in [2.75, 3.05) is 26.9 Å². The molecule has 0 aliphatic rings. The molecule has 0 aromatic heterocycles. The van der Waals surface area contributed by atoms with Gasteiger partial charge in [0.25, 0.3) is 0 Å². The van der Waals surface area contributed by atoms with Crippen LogP contribution in [-0.2, 0) is 6.54 Å². The number of nitrogens with one attached hydrogen (secondary N) is 1. The number of methoxy groups -OCH3 is 1. The quantitative estimate of drug-likeness (QED) is 0.582. The Balaban J connectivity index is 2.77. The summed E-state index contributed by atoms with van der Waals surface area (Å²) >= 11 is 0. The van der Waals surface area contributed by atoms with Gasteiger partial charge in [0, 0.05) is 12.1 Å². The van der Waals surface area contributed by atoms with E-state index in [1.54, 1.807) is 7.11 Å². The van der Waals surface area contributed by atoms with Crippen LogP contribution in [0.3, 0.4) is 0 Å². The number of benzene rings is 1. The lowest BCUT2D eigenvalue weighted by Gasteiger charge is -2.17. The van der Waals surface area contributed by atoms with Crippen LogP contribution in [0.2, 0.25) is 0 Å². The van der Waals surface area contributed by atoms with Gasteiger partial charge in [-0.2, -0.15) is 0 Å². The molecule has 0 radical (unpaired) electrons. The van der Waals surface area contributed by atoms with Gasteiger partial charge in [-0.1, -0.05) is 19.1 Å². The molecule has 1 rings (SSSR count). The van der Waals surface area contributed by atoms with E-state index in [2.05, 4.69) is 12.2 Å². The highest BCUT2D eigenvalue weighted by Crippen LogP contribution is 2.31. The van der Waals surface area contributed by atoms with Gasteiger partial charge in [-0.3, -0.25) is 0 Å². The summed E-state index contributed by atoms with van der Waals surface area (Å²) in [6, 6.07) is 5.66. The highest BCUT2D eigenvalue weighted by Gasteiger charge is 2.12. The SMILES string of the molecule is CCCNCc1cccc(OC)c1OCC(O)CO. The Labute approximate surface area is 114 Å². The van der Waals surface area contributed by atoms with Crippen molar-refractivity contribution in [2.45, 2.75) is 26.0 Å². The largest absolute Gasteiger partial charge is 0.493 e. The van der Waals surface area contributed by atoms with Gasteiger partial charge in [0.1, 0.15) is 12.7 Å². The Bertz CT molecular complexity index is 370. The smallest absolute Gasteiger partial charge is 0.165 e. The minimum atomic E-state index is -0.888. The summed E-state index contributed by atoms with van der Waals surface area (Å²) in [5.41, 5.74) is 0.970. The van der Waals surface area contributed by atoms with Crippen molar-refractivity contribution >= 4 is 0 Å². The average Bonchev–Trinajstić information content (AvgIpc) is 2.45. The van der Waals surface area contributed by atoms with Gasteiger partial charge >= 0.3 is 0 Å². The molecular weight excluding hydrogens is 246 g/mol. The molecule has 0 heterocycles. The highest BCUT2D eigenvalue weighted by molar-refractivity contribution is 5.46. The van der Waals surface area contributed by atoms with Gasteiger partial charge in [0.05, 0.1) is 13.7 Å². The van der Waals surface area contributed by atoms with E-state index in [4.69, 9.17) is 14.6 Å². The molecule has 1 aromatic carbocycles. The normalized spacial score (nSPS) is 12.2.